The van der Waals surface area contributed by atoms with Crippen LogP contribution in [0.1, 0.15) is 28.4 Å². The molecule has 1 amide bonds. The van der Waals surface area contributed by atoms with Gasteiger partial charge in [-0.2, -0.15) is 0 Å². The Labute approximate surface area is 142 Å². The van der Waals surface area contributed by atoms with Gasteiger partial charge in [-0.3, -0.25) is 4.79 Å². The molecule has 0 spiro atoms. The van der Waals surface area contributed by atoms with Gasteiger partial charge in [0.05, 0.1) is 11.3 Å². The fraction of sp³-hybridized carbons (Fsp3) is 0.222. The van der Waals surface area contributed by atoms with Crippen LogP contribution in [0.3, 0.4) is 0 Å². The first-order valence-corrected chi connectivity index (χ1v) is 7.43. The lowest BCUT2D eigenvalue weighted by Gasteiger charge is -2.14. The second kappa shape index (κ2) is 7.38. The number of aryl methyl sites for hydroxylation is 2. The molecular weight excluding hydrogens is 335 g/mol. The summed E-state index contributed by atoms with van der Waals surface area (Å²) in [5.74, 6) is -6.19. The molecule has 132 valence electrons. The minimum Gasteiger partial charge on any atom is -0.449 e. The zero-order chi connectivity index (χ0) is 18.7. The molecule has 0 unspecified atom stereocenters. The SMILES string of the molecule is Cc1ccc(C(=O)O[C@H](C)C(=O)Nc2ccc(F)c(F)c2F)cc1C. The van der Waals surface area contributed by atoms with Gasteiger partial charge in [-0.05, 0) is 56.2 Å². The molecular formula is C18H16F3NO3. The van der Waals surface area contributed by atoms with Gasteiger partial charge >= 0.3 is 5.97 Å². The van der Waals surface area contributed by atoms with Crippen LogP contribution in [0, 0.1) is 31.3 Å². The minimum atomic E-state index is -1.70. The van der Waals surface area contributed by atoms with Crippen molar-refractivity contribution in [2.75, 3.05) is 5.32 Å². The highest BCUT2D eigenvalue weighted by atomic mass is 19.2. The van der Waals surface area contributed by atoms with Gasteiger partial charge in [-0.25, -0.2) is 18.0 Å². The van der Waals surface area contributed by atoms with E-state index in [0.717, 1.165) is 17.2 Å². The highest BCUT2D eigenvalue weighted by molar-refractivity contribution is 5.97. The van der Waals surface area contributed by atoms with E-state index in [-0.39, 0.29) is 5.56 Å². The van der Waals surface area contributed by atoms with Crippen molar-refractivity contribution in [3.63, 3.8) is 0 Å². The minimum absolute atomic E-state index is 0.266. The number of halogens is 3. The molecule has 0 aromatic heterocycles. The van der Waals surface area contributed by atoms with Crippen LogP contribution in [0.5, 0.6) is 0 Å². The summed E-state index contributed by atoms with van der Waals surface area (Å²) < 4.78 is 44.6. The van der Waals surface area contributed by atoms with Gasteiger partial charge in [0.15, 0.2) is 23.6 Å². The first-order chi connectivity index (χ1) is 11.7. The van der Waals surface area contributed by atoms with Crippen molar-refractivity contribution >= 4 is 17.6 Å². The van der Waals surface area contributed by atoms with E-state index in [0.29, 0.717) is 6.07 Å². The van der Waals surface area contributed by atoms with Crippen LogP contribution in [-0.2, 0) is 9.53 Å². The van der Waals surface area contributed by atoms with Gasteiger partial charge in [-0.1, -0.05) is 6.07 Å². The fourth-order valence-corrected chi connectivity index (χ4v) is 2.01. The van der Waals surface area contributed by atoms with Crippen LogP contribution in [0.25, 0.3) is 0 Å². The maximum absolute atomic E-state index is 13.6. The summed E-state index contributed by atoms with van der Waals surface area (Å²) in [6.45, 7) is 5.00. The van der Waals surface area contributed by atoms with Crippen LogP contribution in [-0.4, -0.2) is 18.0 Å². The van der Waals surface area contributed by atoms with Gasteiger partial charge in [0.1, 0.15) is 0 Å². The molecule has 0 aliphatic carbocycles. The van der Waals surface area contributed by atoms with Crippen molar-refractivity contribution in [1.82, 2.24) is 0 Å². The van der Waals surface area contributed by atoms with Crippen molar-refractivity contribution in [3.8, 4) is 0 Å². The molecule has 0 radical (unpaired) electrons. The average Bonchev–Trinajstić information content (AvgIpc) is 2.57. The number of benzene rings is 2. The molecule has 0 bridgehead atoms. The third kappa shape index (κ3) is 4.17. The first-order valence-electron chi connectivity index (χ1n) is 7.43. The second-order valence-corrected chi connectivity index (χ2v) is 5.56. The number of hydrogen-bond acceptors (Lipinski definition) is 3. The van der Waals surface area contributed by atoms with Crippen LogP contribution in [0.15, 0.2) is 30.3 Å². The highest BCUT2D eigenvalue weighted by Gasteiger charge is 2.22. The third-order valence-corrected chi connectivity index (χ3v) is 3.69. The molecule has 0 fully saturated rings. The lowest BCUT2D eigenvalue weighted by molar-refractivity contribution is -0.123. The van der Waals surface area contributed by atoms with E-state index in [1.54, 1.807) is 18.2 Å². The monoisotopic (exact) mass is 351 g/mol. The maximum Gasteiger partial charge on any atom is 0.338 e. The molecule has 1 atom stereocenters. The Bertz CT molecular complexity index is 837. The number of anilines is 1. The molecule has 2 aromatic carbocycles. The van der Waals surface area contributed by atoms with Crippen molar-refractivity contribution in [3.05, 3.63) is 64.5 Å². The maximum atomic E-state index is 13.6. The molecule has 1 N–H and O–H groups in total. The van der Waals surface area contributed by atoms with E-state index in [1.165, 1.54) is 6.92 Å². The number of ether oxygens (including phenoxy) is 1. The molecule has 4 nitrogen and oxygen atoms in total. The standard InChI is InChI=1S/C18H16F3NO3/c1-9-4-5-12(8-10(9)2)18(24)25-11(3)17(23)22-14-7-6-13(19)15(20)16(14)21/h4-8,11H,1-3H3,(H,22,23)/t11-/m1/s1. The third-order valence-electron chi connectivity index (χ3n) is 3.69. The predicted octanol–water partition coefficient (Wildman–Crippen LogP) is 3.90. The van der Waals surface area contributed by atoms with Crippen LogP contribution in [0.2, 0.25) is 0 Å². The van der Waals surface area contributed by atoms with Crippen molar-refractivity contribution in [2.24, 2.45) is 0 Å². The molecule has 25 heavy (non-hydrogen) atoms. The zero-order valence-electron chi connectivity index (χ0n) is 13.8. The lowest BCUT2D eigenvalue weighted by Crippen LogP contribution is -2.30. The number of hydrogen-bond donors (Lipinski definition) is 1. The summed E-state index contributed by atoms with van der Waals surface area (Å²) >= 11 is 0. The second-order valence-electron chi connectivity index (χ2n) is 5.56. The lowest BCUT2D eigenvalue weighted by atomic mass is 10.1. The molecule has 2 aromatic rings. The molecule has 0 saturated heterocycles. The fourth-order valence-electron chi connectivity index (χ4n) is 2.01. The van der Waals surface area contributed by atoms with Crippen LogP contribution < -0.4 is 5.32 Å². The van der Waals surface area contributed by atoms with Gasteiger partial charge < -0.3 is 10.1 Å². The molecule has 7 heteroatoms. The number of amides is 1. The Morgan fingerprint density at radius 1 is 1.00 bits per heavy atom. The van der Waals surface area contributed by atoms with Gasteiger partial charge in [0.25, 0.3) is 5.91 Å². The molecule has 2 rings (SSSR count). The smallest absolute Gasteiger partial charge is 0.338 e. The number of carbonyl (C=O) groups is 2. The number of rotatable bonds is 4. The Morgan fingerprint density at radius 3 is 2.32 bits per heavy atom. The van der Waals surface area contributed by atoms with E-state index < -0.39 is 41.1 Å². The largest absolute Gasteiger partial charge is 0.449 e. The van der Waals surface area contributed by atoms with E-state index >= 15 is 0 Å². The normalized spacial score (nSPS) is 11.8. The summed E-state index contributed by atoms with van der Waals surface area (Å²) in [5, 5.41) is 2.06. The highest BCUT2D eigenvalue weighted by Crippen LogP contribution is 2.20. The van der Waals surface area contributed by atoms with Crippen LogP contribution >= 0.6 is 0 Å². The van der Waals surface area contributed by atoms with Gasteiger partial charge in [0, 0.05) is 0 Å². The summed E-state index contributed by atoms with van der Waals surface area (Å²) in [5.41, 5.74) is 1.60. The van der Waals surface area contributed by atoms with Crippen LogP contribution in [0.4, 0.5) is 18.9 Å². The van der Waals surface area contributed by atoms with E-state index in [4.69, 9.17) is 4.74 Å². The molecule has 0 heterocycles. The van der Waals surface area contributed by atoms with E-state index in [2.05, 4.69) is 5.32 Å². The first kappa shape index (κ1) is 18.5. The quantitative estimate of drug-likeness (QED) is 0.671. The number of carbonyl (C=O) groups excluding carboxylic acids is 2. The topological polar surface area (TPSA) is 55.4 Å². The predicted molar refractivity (Wildman–Crippen MR) is 85.7 cm³/mol. The zero-order valence-corrected chi connectivity index (χ0v) is 13.8. The number of nitrogens with one attached hydrogen (secondary N) is 1. The van der Waals surface area contributed by atoms with Crippen molar-refractivity contribution in [1.29, 1.82) is 0 Å². The van der Waals surface area contributed by atoms with E-state index in [9.17, 15) is 22.8 Å². The summed E-state index contributed by atoms with van der Waals surface area (Å²) in [4.78, 5) is 24.0. The number of esters is 1. The van der Waals surface area contributed by atoms with Gasteiger partial charge in [-0.15, -0.1) is 0 Å². The van der Waals surface area contributed by atoms with Gasteiger partial charge in [0.2, 0.25) is 0 Å². The van der Waals surface area contributed by atoms with Crippen molar-refractivity contribution < 1.29 is 27.5 Å². The summed E-state index contributed by atoms with van der Waals surface area (Å²) in [6, 6.07) is 6.48. The summed E-state index contributed by atoms with van der Waals surface area (Å²) in [7, 11) is 0. The Balaban J connectivity index is 2.06. The summed E-state index contributed by atoms with van der Waals surface area (Å²) in [6.07, 6.45) is -1.26. The molecule has 0 aliphatic heterocycles. The molecule has 0 saturated carbocycles. The Morgan fingerprint density at radius 2 is 1.68 bits per heavy atom. The molecule has 0 aliphatic rings. The Kier molecular flexibility index (Phi) is 5.46. The van der Waals surface area contributed by atoms with Crippen molar-refractivity contribution in [2.45, 2.75) is 26.9 Å². The average molecular weight is 351 g/mol. The van der Waals surface area contributed by atoms with E-state index in [1.807, 2.05) is 13.8 Å². The Hall–Kier alpha value is -2.83.